The van der Waals surface area contributed by atoms with Crippen molar-refractivity contribution in [2.24, 2.45) is 5.10 Å². The van der Waals surface area contributed by atoms with Crippen molar-refractivity contribution in [2.45, 2.75) is 6.92 Å². The first-order chi connectivity index (χ1) is 10.0. The van der Waals surface area contributed by atoms with Crippen molar-refractivity contribution in [3.63, 3.8) is 0 Å². The van der Waals surface area contributed by atoms with Crippen LogP contribution in [0.4, 0.5) is 5.88 Å². The first kappa shape index (κ1) is 14.1. The van der Waals surface area contributed by atoms with Crippen LogP contribution in [0, 0.1) is 11.3 Å². The molecule has 2 aromatic rings. The molecule has 1 aromatic carbocycles. The van der Waals surface area contributed by atoms with E-state index in [2.05, 4.69) is 22.1 Å². The summed E-state index contributed by atoms with van der Waals surface area (Å²) >= 11 is 0. The van der Waals surface area contributed by atoms with Crippen molar-refractivity contribution in [3.05, 3.63) is 41.9 Å². The third-order valence-electron chi connectivity index (χ3n) is 2.48. The highest BCUT2D eigenvalue weighted by atomic mass is 16.4. The van der Waals surface area contributed by atoms with Gasteiger partial charge in [-0.15, -0.1) is 0 Å². The Hall–Kier alpha value is -3.27. The summed E-state index contributed by atoms with van der Waals surface area (Å²) in [5, 5.41) is 31.6. The van der Waals surface area contributed by atoms with Crippen molar-refractivity contribution >= 4 is 17.7 Å². The number of nitrogens with zero attached hydrogens (tertiary/aromatic N) is 3. The van der Waals surface area contributed by atoms with E-state index >= 15 is 0 Å². The highest BCUT2D eigenvalue weighted by Crippen LogP contribution is 2.22. The van der Waals surface area contributed by atoms with E-state index in [-0.39, 0.29) is 29.0 Å². The second-order valence-corrected chi connectivity index (χ2v) is 4.20. The maximum absolute atomic E-state index is 9.59. The third-order valence-corrected chi connectivity index (χ3v) is 2.48. The summed E-state index contributed by atoms with van der Waals surface area (Å²) in [6.45, 7) is 5.38. The third kappa shape index (κ3) is 3.19. The maximum atomic E-state index is 9.59. The number of aromatic hydroxyl groups is 2. The van der Waals surface area contributed by atoms with Gasteiger partial charge in [-0.2, -0.15) is 15.3 Å². The molecule has 106 valence electrons. The molecule has 0 aliphatic heterocycles. The molecule has 0 radical (unpaired) electrons. The summed E-state index contributed by atoms with van der Waals surface area (Å²) in [5.74, 6) is 0.161. The number of anilines is 1. The van der Waals surface area contributed by atoms with E-state index in [1.807, 2.05) is 6.07 Å². The van der Waals surface area contributed by atoms with Crippen molar-refractivity contribution < 1.29 is 14.6 Å². The number of allylic oxidation sites excluding steroid dienone is 1. The summed E-state index contributed by atoms with van der Waals surface area (Å²) in [4.78, 5) is 3.94. The van der Waals surface area contributed by atoms with Crippen LogP contribution in [0.3, 0.4) is 0 Å². The van der Waals surface area contributed by atoms with Gasteiger partial charge >= 0.3 is 0 Å². The summed E-state index contributed by atoms with van der Waals surface area (Å²) in [7, 11) is 0. The lowest BCUT2D eigenvalue weighted by atomic mass is 10.2. The van der Waals surface area contributed by atoms with Crippen LogP contribution < -0.4 is 5.43 Å². The Labute approximate surface area is 120 Å². The molecule has 21 heavy (non-hydrogen) atoms. The van der Waals surface area contributed by atoms with E-state index in [4.69, 9.17) is 9.68 Å². The van der Waals surface area contributed by atoms with Crippen LogP contribution in [-0.2, 0) is 0 Å². The Kier molecular flexibility index (Phi) is 3.90. The number of aromatic nitrogens is 1. The van der Waals surface area contributed by atoms with E-state index in [0.717, 1.165) is 0 Å². The van der Waals surface area contributed by atoms with Crippen LogP contribution >= 0.6 is 0 Å². The molecule has 0 aliphatic rings. The fourth-order valence-corrected chi connectivity index (χ4v) is 1.46. The highest BCUT2D eigenvalue weighted by Gasteiger charge is 2.12. The summed E-state index contributed by atoms with van der Waals surface area (Å²) in [6.07, 6.45) is 1.32. The number of hydrogen-bond donors (Lipinski definition) is 3. The SMILES string of the molecule is C=C(C)c1nc(C#N)c(NN=Cc2ccc(O)cc2O)o1. The van der Waals surface area contributed by atoms with E-state index in [1.54, 1.807) is 6.92 Å². The van der Waals surface area contributed by atoms with Crippen molar-refractivity contribution in [1.29, 1.82) is 5.26 Å². The van der Waals surface area contributed by atoms with Gasteiger partial charge in [0.2, 0.25) is 11.6 Å². The van der Waals surface area contributed by atoms with Crippen LogP contribution in [0.2, 0.25) is 0 Å². The molecule has 0 aliphatic carbocycles. The Bertz CT molecular complexity index is 756. The minimum atomic E-state index is -0.124. The van der Waals surface area contributed by atoms with Gasteiger partial charge in [-0.05, 0) is 19.1 Å². The van der Waals surface area contributed by atoms with Gasteiger partial charge in [0, 0.05) is 17.2 Å². The molecular formula is C14H12N4O3. The number of hydrazone groups is 1. The standard InChI is InChI=1S/C14H12N4O3/c1-8(2)13-17-11(6-15)14(21-13)18-16-7-9-3-4-10(19)5-12(9)20/h3-5,7,18-20H,1H2,2H3. The molecule has 3 N–H and O–H groups in total. The van der Waals surface area contributed by atoms with Gasteiger partial charge in [0.15, 0.2) is 0 Å². The predicted octanol–water partition coefficient (Wildman–Crippen LogP) is 2.44. The van der Waals surface area contributed by atoms with Gasteiger partial charge in [-0.25, -0.2) is 5.43 Å². The highest BCUT2D eigenvalue weighted by molar-refractivity contribution is 5.84. The van der Waals surface area contributed by atoms with E-state index in [9.17, 15) is 10.2 Å². The van der Waals surface area contributed by atoms with Gasteiger partial charge in [-0.3, -0.25) is 0 Å². The average Bonchev–Trinajstić information content (AvgIpc) is 2.85. The molecule has 0 atom stereocenters. The van der Waals surface area contributed by atoms with Crippen LogP contribution in [-0.4, -0.2) is 21.4 Å². The van der Waals surface area contributed by atoms with Crippen molar-refractivity contribution in [2.75, 3.05) is 5.43 Å². The molecule has 7 heteroatoms. The number of nitrogens with one attached hydrogen (secondary N) is 1. The number of phenolic OH excluding ortho intramolecular Hbond substituents is 2. The van der Waals surface area contributed by atoms with E-state index < -0.39 is 0 Å². The average molecular weight is 284 g/mol. The summed E-state index contributed by atoms with van der Waals surface area (Å²) < 4.78 is 5.29. The Morgan fingerprint density at radius 1 is 1.52 bits per heavy atom. The van der Waals surface area contributed by atoms with Crippen LogP contribution in [0.5, 0.6) is 11.5 Å². The number of hydrogen-bond acceptors (Lipinski definition) is 7. The monoisotopic (exact) mass is 284 g/mol. The fourth-order valence-electron chi connectivity index (χ4n) is 1.46. The summed E-state index contributed by atoms with van der Waals surface area (Å²) in [6, 6.07) is 5.96. The smallest absolute Gasteiger partial charge is 0.252 e. The van der Waals surface area contributed by atoms with Crippen LogP contribution in [0.1, 0.15) is 24.1 Å². The van der Waals surface area contributed by atoms with Gasteiger partial charge in [0.05, 0.1) is 6.21 Å². The molecule has 0 spiro atoms. The Morgan fingerprint density at radius 3 is 2.90 bits per heavy atom. The molecule has 0 unspecified atom stereocenters. The number of oxazole rings is 1. The van der Waals surface area contributed by atoms with Crippen molar-refractivity contribution in [3.8, 4) is 17.6 Å². The van der Waals surface area contributed by atoms with Gasteiger partial charge in [0.25, 0.3) is 5.88 Å². The number of benzene rings is 1. The zero-order valence-corrected chi connectivity index (χ0v) is 11.2. The van der Waals surface area contributed by atoms with Gasteiger partial charge in [0.1, 0.15) is 17.6 Å². The quantitative estimate of drug-likeness (QED) is 0.586. The minimum absolute atomic E-state index is 0.0503. The maximum Gasteiger partial charge on any atom is 0.252 e. The lowest BCUT2D eigenvalue weighted by Gasteiger charge is -1.99. The largest absolute Gasteiger partial charge is 0.508 e. The van der Waals surface area contributed by atoms with E-state index in [0.29, 0.717) is 11.1 Å². The molecule has 0 fully saturated rings. The molecular weight excluding hydrogens is 272 g/mol. The normalized spacial score (nSPS) is 10.5. The predicted molar refractivity (Wildman–Crippen MR) is 76.9 cm³/mol. The van der Waals surface area contributed by atoms with Gasteiger partial charge in [-0.1, -0.05) is 6.58 Å². The first-order valence-corrected chi connectivity index (χ1v) is 5.89. The van der Waals surface area contributed by atoms with E-state index in [1.165, 1.54) is 24.4 Å². The lowest BCUT2D eigenvalue weighted by Crippen LogP contribution is -1.91. The summed E-state index contributed by atoms with van der Waals surface area (Å²) in [5.41, 5.74) is 3.56. The molecule has 1 heterocycles. The minimum Gasteiger partial charge on any atom is -0.508 e. The van der Waals surface area contributed by atoms with Crippen molar-refractivity contribution in [1.82, 2.24) is 4.98 Å². The van der Waals surface area contributed by atoms with Crippen LogP contribution in [0.15, 0.2) is 34.3 Å². The molecule has 0 saturated carbocycles. The molecule has 0 bridgehead atoms. The Morgan fingerprint density at radius 2 is 2.29 bits per heavy atom. The number of nitriles is 1. The molecule has 7 nitrogen and oxygen atoms in total. The van der Waals surface area contributed by atoms with Gasteiger partial charge < -0.3 is 14.6 Å². The lowest BCUT2D eigenvalue weighted by molar-refractivity contribution is 0.450. The number of rotatable bonds is 4. The second-order valence-electron chi connectivity index (χ2n) is 4.20. The zero-order valence-electron chi connectivity index (χ0n) is 11.2. The fraction of sp³-hybridized carbons (Fsp3) is 0.0714. The molecule has 2 rings (SSSR count). The molecule has 1 aromatic heterocycles. The Balaban J connectivity index is 2.18. The zero-order chi connectivity index (χ0) is 15.4. The topological polar surface area (TPSA) is 115 Å². The van der Waals surface area contributed by atoms with Crippen LogP contribution in [0.25, 0.3) is 5.57 Å². The first-order valence-electron chi connectivity index (χ1n) is 5.89. The second kappa shape index (κ2) is 5.79. The molecule has 0 amide bonds. The number of phenols is 2. The molecule has 0 saturated heterocycles.